The number of halogens is 1. The molecule has 1 aliphatic rings. The Morgan fingerprint density at radius 3 is 2.46 bits per heavy atom. The fourth-order valence-electron chi connectivity index (χ4n) is 1.53. The van der Waals surface area contributed by atoms with Crippen LogP contribution in [-0.4, -0.2) is 13.1 Å². The minimum Gasteiger partial charge on any atom is -0.368 e. The average Bonchev–Trinajstić information content (AvgIpc) is 2.20. The van der Waals surface area contributed by atoms with Gasteiger partial charge in [-0.2, -0.15) is 0 Å². The zero-order valence-corrected chi connectivity index (χ0v) is 8.17. The quantitative estimate of drug-likeness (QED) is 0.620. The topological polar surface area (TPSA) is 3.24 Å². The molecule has 0 N–H and O–H groups in total. The van der Waals surface area contributed by atoms with Gasteiger partial charge in [-0.25, -0.2) is 0 Å². The van der Waals surface area contributed by atoms with Crippen LogP contribution in [0, 0.1) is 0 Å². The van der Waals surface area contributed by atoms with E-state index in [0.717, 1.165) is 24.5 Å². The average molecular weight is 194 g/mol. The lowest BCUT2D eigenvalue weighted by molar-refractivity contribution is 0.821. The van der Waals surface area contributed by atoms with Gasteiger partial charge in [0.25, 0.3) is 0 Å². The molecule has 0 atom stereocenters. The highest BCUT2D eigenvalue weighted by Gasteiger charge is 2.05. The van der Waals surface area contributed by atoms with Crippen LogP contribution in [0.4, 0.5) is 5.69 Å². The third kappa shape index (κ3) is 2.04. The van der Waals surface area contributed by atoms with Gasteiger partial charge < -0.3 is 4.90 Å². The van der Waals surface area contributed by atoms with Crippen molar-refractivity contribution < 1.29 is 0 Å². The number of hydrogen-bond donors (Lipinski definition) is 0. The molecule has 1 nitrogen and oxygen atoms in total. The van der Waals surface area contributed by atoms with Crippen molar-refractivity contribution in [2.75, 3.05) is 18.0 Å². The summed E-state index contributed by atoms with van der Waals surface area (Å²) in [5, 5.41) is 0.802. The second-order valence-corrected chi connectivity index (χ2v) is 3.62. The van der Waals surface area contributed by atoms with Crippen LogP contribution in [-0.2, 0) is 0 Å². The van der Waals surface area contributed by atoms with Gasteiger partial charge >= 0.3 is 0 Å². The van der Waals surface area contributed by atoms with Crippen molar-refractivity contribution in [3.63, 3.8) is 0 Å². The molecule has 1 heterocycles. The molecule has 0 spiro atoms. The van der Waals surface area contributed by atoms with Crippen molar-refractivity contribution >= 4 is 17.3 Å². The van der Waals surface area contributed by atoms with Crippen LogP contribution in [0.25, 0.3) is 0 Å². The van der Waals surface area contributed by atoms with Gasteiger partial charge in [-0.1, -0.05) is 23.8 Å². The molecule has 0 saturated carbocycles. The highest BCUT2D eigenvalue weighted by atomic mass is 35.5. The summed E-state index contributed by atoms with van der Waals surface area (Å²) in [5.74, 6) is 0. The third-order valence-electron chi connectivity index (χ3n) is 2.25. The molecule has 0 aliphatic carbocycles. The summed E-state index contributed by atoms with van der Waals surface area (Å²) in [6.07, 6.45) is 5.58. The molecule has 0 radical (unpaired) electrons. The first kappa shape index (κ1) is 8.64. The Balaban J connectivity index is 2.15. The minimum atomic E-state index is 0.802. The SMILES string of the molecule is Clc1ccc(N2CC=CCC2)cc1. The number of hydrogen-bond acceptors (Lipinski definition) is 1. The summed E-state index contributed by atoms with van der Waals surface area (Å²) >= 11 is 5.82. The van der Waals surface area contributed by atoms with E-state index >= 15 is 0 Å². The molecule has 0 fully saturated rings. The summed E-state index contributed by atoms with van der Waals surface area (Å²) in [4.78, 5) is 2.34. The lowest BCUT2D eigenvalue weighted by Gasteiger charge is -2.25. The van der Waals surface area contributed by atoms with E-state index in [1.165, 1.54) is 5.69 Å². The Bertz CT molecular complexity index is 302. The Labute approximate surface area is 83.6 Å². The first-order valence-corrected chi connectivity index (χ1v) is 4.89. The van der Waals surface area contributed by atoms with Gasteiger partial charge in [-0.3, -0.25) is 0 Å². The zero-order chi connectivity index (χ0) is 9.10. The Hall–Kier alpha value is -0.950. The van der Waals surface area contributed by atoms with Crippen molar-refractivity contribution in [1.82, 2.24) is 0 Å². The number of rotatable bonds is 1. The molecule has 68 valence electrons. The van der Waals surface area contributed by atoms with E-state index in [-0.39, 0.29) is 0 Å². The van der Waals surface area contributed by atoms with Gasteiger partial charge in [-0.15, -0.1) is 0 Å². The van der Waals surface area contributed by atoms with Gasteiger partial charge in [0.2, 0.25) is 0 Å². The highest BCUT2D eigenvalue weighted by Crippen LogP contribution is 2.19. The van der Waals surface area contributed by atoms with E-state index < -0.39 is 0 Å². The number of anilines is 1. The summed E-state index contributed by atoms with van der Waals surface area (Å²) in [6, 6.07) is 8.02. The maximum atomic E-state index is 5.82. The summed E-state index contributed by atoms with van der Waals surface area (Å²) in [6.45, 7) is 2.12. The van der Waals surface area contributed by atoms with E-state index in [2.05, 4.69) is 29.2 Å². The van der Waals surface area contributed by atoms with Gasteiger partial charge in [0.05, 0.1) is 0 Å². The molecule has 0 saturated heterocycles. The van der Waals surface area contributed by atoms with E-state index in [0.29, 0.717) is 0 Å². The molecule has 0 aromatic heterocycles. The molecule has 2 heteroatoms. The first-order chi connectivity index (χ1) is 6.36. The van der Waals surface area contributed by atoms with E-state index in [9.17, 15) is 0 Å². The largest absolute Gasteiger partial charge is 0.368 e. The third-order valence-corrected chi connectivity index (χ3v) is 2.50. The summed E-state index contributed by atoms with van der Waals surface area (Å²) in [5.41, 5.74) is 1.26. The van der Waals surface area contributed by atoms with Crippen molar-refractivity contribution in [2.24, 2.45) is 0 Å². The highest BCUT2D eigenvalue weighted by molar-refractivity contribution is 6.30. The molecule has 0 amide bonds. The number of benzene rings is 1. The van der Waals surface area contributed by atoms with Gasteiger partial charge in [-0.05, 0) is 30.7 Å². The fraction of sp³-hybridized carbons (Fsp3) is 0.273. The van der Waals surface area contributed by atoms with Crippen molar-refractivity contribution in [2.45, 2.75) is 6.42 Å². The van der Waals surface area contributed by atoms with Crippen LogP contribution in [0.5, 0.6) is 0 Å². The van der Waals surface area contributed by atoms with E-state index in [1.807, 2.05) is 12.1 Å². The van der Waals surface area contributed by atoms with Crippen LogP contribution in [0.1, 0.15) is 6.42 Å². The lowest BCUT2D eigenvalue weighted by Crippen LogP contribution is -2.26. The monoisotopic (exact) mass is 193 g/mol. The van der Waals surface area contributed by atoms with Gasteiger partial charge in [0.15, 0.2) is 0 Å². The van der Waals surface area contributed by atoms with E-state index in [4.69, 9.17) is 11.6 Å². The second kappa shape index (κ2) is 3.84. The number of nitrogens with zero attached hydrogens (tertiary/aromatic N) is 1. The van der Waals surface area contributed by atoms with Crippen LogP contribution in [0.3, 0.4) is 0 Å². The lowest BCUT2D eigenvalue weighted by atomic mass is 10.2. The predicted molar refractivity (Wildman–Crippen MR) is 57.4 cm³/mol. The summed E-state index contributed by atoms with van der Waals surface area (Å²) < 4.78 is 0. The Kier molecular flexibility index (Phi) is 2.55. The molecule has 2 rings (SSSR count). The van der Waals surface area contributed by atoms with Gasteiger partial charge in [0.1, 0.15) is 0 Å². The molecule has 0 unspecified atom stereocenters. The maximum absolute atomic E-state index is 5.82. The fourth-order valence-corrected chi connectivity index (χ4v) is 1.65. The van der Waals surface area contributed by atoms with E-state index in [1.54, 1.807) is 0 Å². The minimum absolute atomic E-state index is 0.802. The summed E-state index contributed by atoms with van der Waals surface area (Å²) in [7, 11) is 0. The molecule has 1 aliphatic heterocycles. The molecule has 1 aromatic carbocycles. The van der Waals surface area contributed by atoms with Crippen LogP contribution in [0.2, 0.25) is 5.02 Å². The van der Waals surface area contributed by atoms with Crippen molar-refractivity contribution in [1.29, 1.82) is 0 Å². The molecule has 0 bridgehead atoms. The Morgan fingerprint density at radius 1 is 1.08 bits per heavy atom. The first-order valence-electron chi connectivity index (χ1n) is 4.52. The zero-order valence-electron chi connectivity index (χ0n) is 7.41. The van der Waals surface area contributed by atoms with Crippen molar-refractivity contribution in [3.8, 4) is 0 Å². The smallest absolute Gasteiger partial charge is 0.0407 e. The normalized spacial score (nSPS) is 16.2. The van der Waals surface area contributed by atoms with Gasteiger partial charge in [0, 0.05) is 23.8 Å². The second-order valence-electron chi connectivity index (χ2n) is 3.18. The molecule has 1 aromatic rings. The van der Waals surface area contributed by atoms with Crippen LogP contribution in [0.15, 0.2) is 36.4 Å². The maximum Gasteiger partial charge on any atom is 0.0407 e. The molecular weight excluding hydrogens is 182 g/mol. The molecule has 13 heavy (non-hydrogen) atoms. The predicted octanol–water partition coefficient (Wildman–Crippen LogP) is 3.11. The van der Waals surface area contributed by atoms with Crippen molar-refractivity contribution in [3.05, 3.63) is 41.4 Å². The van der Waals surface area contributed by atoms with Crippen LogP contribution < -0.4 is 4.90 Å². The molecular formula is C11H12ClN. The standard InChI is InChI=1S/C11H12ClN/c12-10-4-6-11(7-5-10)13-8-2-1-3-9-13/h1-2,4-7H,3,8-9H2. The van der Waals surface area contributed by atoms with Crippen LogP contribution >= 0.6 is 11.6 Å². The Morgan fingerprint density at radius 2 is 1.85 bits per heavy atom.